The largest absolute Gasteiger partial charge is 0.356 e. The molecule has 4 nitrogen and oxygen atoms in total. The van der Waals surface area contributed by atoms with Crippen LogP contribution in [0.15, 0.2) is 79.1 Å². The van der Waals surface area contributed by atoms with Gasteiger partial charge in [-0.25, -0.2) is 0 Å². The molecule has 0 bridgehead atoms. The number of para-hydroxylation sites is 1. The lowest BCUT2D eigenvalue weighted by atomic mass is 9.92. The molecule has 1 amide bonds. The molecular weight excluding hydrogens is 334 g/mol. The molecule has 1 aliphatic heterocycles. The highest BCUT2D eigenvalue weighted by molar-refractivity contribution is 5.95. The minimum atomic E-state index is -0.164. The van der Waals surface area contributed by atoms with Crippen molar-refractivity contribution < 1.29 is 4.79 Å². The van der Waals surface area contributed by atoms with Crippen LogP contribution in [-0.2, 0) is 6.42 Å². The Kier molecular flexibility index (Phi) is 3.75. The van der Waals surface area contributed by atoms with Crippen LogP contribution in [0, 0.1) is 0 Å². The van der Waals surface area contributed by atoms with Crippen LogP contribution >= 0.6 is 0 Å². The number of H-pyrrole nitrogens is 1. The van der Waals surface area contributed by atoms with Crippen molar-refractivity contribution in [3.8, 4) is 0 Å². The lowest BCUT2D eigenvalue weighted by Crippen LogP contribution is -2.40. The number of pyridine rings is 1. The molecule has 0 saturated carbocycles. The first-order chi connectivity index (χ1) is 13.3. The SMILES string of the molecule is O=C(c1ccccc1)N1CCc2c([nH]c3ccccc23)[C@H]1c1cccnc1. The molecule has 27 heavy (non-hydrogen) atoms. The number of nitrogens with one attached hydrogen (secondary N) is 1. The van der Waals surface area contributed by atoms with Gasteiger partial charge in [-0.05, 0) is 41.8 Å². The molecule has 2 aromatic heterocycles. The second-order valence-electron chi connectivity index (χ2n) is 6.87. The summed E-state index contributed by atoms with van der Waals surface area (Å²) in [5.41, 5.74) is 5.25. The predicted octanol–water partition coefficient (Wildman–Crippen LogP) is 4.35. The van der Waals surface area contributed by atoms with E-state index in [1.165, 1.54) is 10.9 Å². The van der Waals surface area contributed by atoms with Crippen LogP contribution in [-0.4, -0.2) is 27.3 Å². The van der Waals surface area contributed by atoms with E-state index in [1.807, 2.05) is 59.6 Å². The van der Waals surface area contributed by atoms with E-state index in [0.29, 0.717) is 12.1 Å². The third-order valence-corrected chi connectivity index (χ3v) is 5.32. The number of benzene rings is 2. The van der Waals surface area contributed by atoms with Gasteiger partial charge in [0.05, 0.1) is 6.04 Å². The fourth-order valence-corrected chi connectivity index (χ4v) is 4.09. The minimum Gasteiger partial charge on any atom is -0.356 e. The molecule has 4 heteroatoms. The molecule has 0 unspecified atom stereocenters. The van der Waals surface area contributed by atoms with Gasteiger partial charge in [0.15, 0.2) is 0 Å². The normalized spacial score (nSPS) is 16.3. The summed E-state index contributed by atoms with van der Waals surface area (Å²) >= 11 is 0. The molecule has 3 heterocycles. The van der Waals surface area contributed by atoms with Crippen molar-refractivity contribution in [3.05, 3.63) is 102 Å². The second-order valence-corrected chi connectivity index (χ2v) is 6.87. The molecule has 5 rings (SSSR count). The van der Waals surface area contributed by atoms with Crippen molar-refractivity contribution in [2.24, 2.45) is 0 Å². The molecular formula is C23H19N3O. The van der Waals surface area contributed by atoms with Crippen molar-refractivity contribution in [2.45, 2.75) is 12.5 Å². The summed E-state index contributed by atoms with van der Waals surface area (Å²) in [6.07, 6.45) is 4.47. The molecule has 1 N–H and O–H groups in total. The van der Waals surface area contributed by atoms with Crippen molar-refractivity contribution in [2.75, 3.05) is 6.54 Å². The third-order valence-electron chi connectivity index (χ3n) is 5.32. The molecule has 1 atom stereocenters. The van der Waals surface area contributed by atoms with Crippen LogP contribution in [0.2, 0.25) is 0 Å². The lowest BCUT2D eigenvalue weighted by Gasteiger charge is -2.36. The van der Waals surface area contributed by atoms with Gasteiger partial charge in [-0.15, -0.1) is 0 Å². The van der Waals surface area contributed by atoms with Gasteiger partial charge in [-0.1, -0.05) is 42.5 Å². The topological polar surface area (TPSA) is 49.0 Å². The second kappa shape index (κ2) is 6.40. The maximum absolute atomic E-state index is 13.3. The van der Waals surface area contributed by atoms with Gasteiger partial charge in [-0.3, -0.25) is 9.78 Å². The van der Waals surface area contributed by atoms with Crippen molar-refractivity contribution in [1.29, 1.82) is 0 Å². The van der Waals surface area contributed by atoms with E-state index in [9.17, 15) is 4.79 Å². The molecule has 0 radical (unpaired) electrons. The molecule has 0 spiro atoms. The highest BCUT2D eigenvalue weighted by Crippen LogP contribution is 2.38. The van der Waals surface area contributed by atoms with Gasteiger partial charge in [0.1, 0.15) is 0 Å². The van der Waals surface area contributed by atoms with E-state index in [2.05, 4.69) is 28.2 Å². The van der Waals surface area contributed by atoms with E-state index < -0.39 is 0 Å². The molecule has 0 fully saturated rings. The first-order valence-corrected chi connectivity index (χ1v) is 9.18. The van der Waals surface area contributed by atoms with E-state index in [1.54, 1.807) is 6.20 Å². The van der Waals surface area contributed by atoms with Gasteiger partial charge >= 0.3 is 0 Å². The Labute approximate surface area is 157 Å². The number of nitrogens with zero attached hydrogens (tertiary/aromatic N) is 2. The number of amides is 1. The highest BCUT2D eigenvalue weighted by Gasteiger charge is 2.34. The summed E-state index contributed by atoms with van der Waals surface area (Å²) in [4.78, 5) is 23.1. The first kappa shape index (κ1) is 15.8. The minimum absolute atomic E-state index is 0.0498. The predicted molar refractivity (Wildman–Crippen MR) is 106 cm³/mol. The third kappa shape index (κ3) is 2.61. The van der Waals surface area contributed by atoms with Crippen LogP contribution in [0.3, 0.4) is 0 Å². The number of aromatic amines is 1. The number of rotatable bonds is 2. The average molecular weight is 353 g/mol. The average Bonchev–Trinajstić information content (AvgIpc) is 3.12. The van der Waals surface area contributed by atoms with Crippen LogP contribution < -0.4 is 0 Å². The van der Waals surface area contributed by atoms with E-state index in [0.717, 1.165) is 23.2 Å². The fourth-order valence-electron chi connectivity index (χ4n) is 4.09. The van der Waals surface area contributed by atoms with E-state index in [4.69, 9.17) is 0 Å². The molecule has 0 aliphatic carbocycles. The maximum atomic E-state index is 13.3. The van der Waals surface area contributed by atoms with E-state index in [-0.39, 0.29) is 11.9 Å². The van der Waals surface area contributed by atoms with Gasteiger partial charge in [-0.2, -0.15) is 0 Å². The van der Waals surface area contributed by atoms with Gasteiger partial charge in [0.25, 0.3) is 5.91 Å². The summed E-state index contributed by atoms with van der Waals surface area (Å²) in [6, 6.07) is 21.7. The Balaban J connectivity index is 1.67. The smallest absolute Gasteiger partial charge is 0.254 e. The lowest BCUT2D eigenvalue weighted by molar-refractivity contribution is 0.0692. The van der Waals surface area contributed by atoms with Gasteiger partial charge in [0.2, 0.25) is 0 Å². The van der Waals surface area contributed by atoms with Crippen LogP contribution in [0.4, 0.5) is 0 Å². The zero-order valence-corrected chi connectivity index (χ0v) is 14.8. The maximum Gasteiger partial charge on any atom is 0.254 e. The summed E-state index contributed by atoms with van der Waals surface area (Å²) in [6.45, 7) is 0.683. The standard InChI is InChI=1S/C23H19N3O/c27-23(16-7-2-1-3-8-16)26-14-12-19-18-10-4-5-11-20(18)25-21(19)22(26)17-9-6-13-24-15-17/h1-11,13,15,22,25H,12,14H2/t22-/m1/s1. The van der Waals surface area contributed by atoms with Crippen molar-refractivity contribution in [3.63, 3.8) is 0 Å². The highest BCUT2D eigenvalue weighted by atomic mass is 16.2. The van der Waals surface area contributed by atoms with Crippen LogP contribution in [0.25, 0.3) is 10.9 Å². The number of aromatic nitrogens is 2. The zero-order chi connectivity index (χ0) is 18.2. The first-order valence-electron chi connectivity index (χ1n) is 9.18. The number of hydrogen-bond donors (Lipinski definition) is 1. The van der Waals surface area contributed by atoms with Crippen LogP contribution in [0.5, 0.6) is 0 Å². The quantitative estimate of drug-likeness (QED) is 0.582. The number of carbonyl (C=O) groups is 1. The van der Waals surface area contributed by atoms with Crippen molar-refractivity contribution in [1.82, 2.24) is 14.9 Å². The van der Waals surface area contributed by atoms with Crippen molar-refractivity contribution >= 4 is 16.8 Å². The number of fused-ring (bicyclic) bond motifs is 3. The fraction of sp³-hybridized carbons (Fsp3) is 0.130. The summed E-state index contributed by atoms with van der Waals surface area (Å²) in [5, 5.41) is 1.24. The van der Waals surface area contributed by atoms with E-state index >= 15 is 0 Å². The Hall–Kier alpha value is -3.40. The Bertz CT molecular complexity index is 1100. The Morgan fingerprint density at radius 2 is 1.81 bits per heavy atom. The van der Waals surface area contributed by atoms with Gasteiger partial charge < -0.3 is 9.88 Å². The summed E-state index contributed by atoms with van der Waals surface area (Å²) in [7, 11) is 0. The van der Waals surface area contributed by atoms with Crippen LogP contribution in [0.1, 0.15) is 33.2 Å². The summed E-state index contributed by atoms with van der Waals surface area (Å²) in [5.74, 6) is 0.0498. The Morgan fingerprint density at radius 3 is 2.63 bits per heavy atom. The number of hydrogen-bond acceptors (Lipinski definition) is 2. The zero-order valence-electron chi connectivity index (χ0n) is 14.8. The Morgan fingerprint density at radius 1 is 1.00 bits per heavy atom. The monoisotopic (exact) mass is 353 g/mol. The molecule has 4 aromatic rings. The number of carbonyl (C=O) groups excluding carboxylic acids is 1. The molecule has 0 saturated heterocycles. The summed E-state index contributed by atoms with van der Waals surface area (Å²) < 4.78 is 0. The molecule has 1 aliphatic rings. The molecule has 2 aromatic carbocycles. The van der Waals surface area contributed by atoms with Gasteiger partial charge in [0, 0.05) is 41.1 Å². The molecule has 132 valence electrons.